The van der Waals surface area contributed by atoms with Gasteiger partial charge in [-0.3, -0.25) is 9.59 Å². The SMILES string of the molecule is COc1ccc(C)c2c1O[C@H]1C(OC(=O)CCC(=O)O[C@@H](C)C(=O)O)=CC[C@@]3(O)[C@@H](C)N(C)CC[C@]213. The predicted octanol–water partition coefficient (Wildman–Crippen LogP) is 2.08. The maximum atomic E-state index is 12.7. The Hall–Kier alpha value is -3.11. The number of carbonyl (C=O) groups is 3. The molecule has 0 unspecified atom stereocenters. The van der Waals surface area contributed by atoms with Crippen LogP contribution in [0.5, 0.6) is 11.5 Å². The summed E-state index contributed by atoms with van der Waals surface area (Å²) in [6, 6.07) is 3.56. The van der Waals surface area contributed by atoms with Crippen molar-refractivity contribution in [2.75, 3.05) is 20.7 Å². The Morgan fingerprint density at radius 3 is 2.61 bits per heavy atom. The molecule has 1 aromatic rings. The number of likely N-dealkylation sites (N-methyl/N-ethyl adjacent to an activating group) is 1. The van der Waals surface area contributed by atoms with E-state index in [4.69, 9.17) is 24.1 Å². The molecule has 0 aromatic heterocycles. The summed E-state index contributed by atoms with van der Waals surface area (Å²) in [5.74, 6) is -1.40. The van der Waals surface area contributed by atoms with Crippen LogP contribution in [0.25, 0.3) is 0 Å². The zero-order valence-electron chi connectivity index (χ0n) is 21.2. The molecule has 0 saturated carbocycles. The van der Waals surface area contributed by atoms with E-state index in [1.54, 1.807) is 13.2 Å². The highest BCUT2D eigenvalue weighted by atomic mass is 16.6. The van der Waals surface area contributed by atoms with Crippen molar-refractivity contribution in [3.8, 4) is 11.5 Å². The number of esters is 2. The fraction of sp³-hybridized carbons (Fsp3) is 0.577. The molecule has 0 amide bonds. The standard InChI is InChI=1S/C26H33NO9/c1-14-6-7-17(33-5)22-21(14)25-12-13-27(4)16(3)26(25,32)11-10-18(23(25)36-22)35-20(29)9-8-19(28)34-15(2)24(30)31/h6-7,10,15-16,23,32H,8-9,11-13H2,1-5H3,(H,30,31)/t15-,16+,23-,25-,26+/m0/s1. The number of hydrogen-bond donors (Lipinski definition) is 2. The highest BCUT2D eigenvalue weighted by Crippen LogP contribution is 2.62. The number of aliphatic hydroxyl groups is 1. The van der Waals surface area contributed by atoms with Gasteiger partial charge in [0.2, 0.25) is 0 Å². The number of hydrogen-bond acceptors (Lipinski definition) is 9. The minimum absolute atomic E-state index is 0.201. The van der Waals surface area contributed by atoms with Crippen molar-refractivity contribution >= 4 is 17.9 Å². The Morgan fingerprint density at radius 2 is 1.94 bits per heavy atom. The largest absolute Gasteiger partial charge is 0.493 e. The van der Waals surface area contributed by atoms with E-state index < -0.39 is 41.1 Å². The number of carboxylic acids is 1. The Bertz CT molecular complexity index is 1110. The number of carbonyl (C=O) groups excluding carboxylic acids is 2. The maximum absolute atomic E-state index is 12.7. The van der Waals surface area contributed by atoms with Crippen molar-refractivity contribution in [1.29, 1.82) is 0 Å². The molecule has 1 saturated heterocycles. The molecule has 3 aliphatic rings. The van der Waals surface area contributed by atoms with Crippen LogP contribution in [0, 0.1) is 6.92 Å². The molecule has 10 heteroatoms. The minimum atomic E-state index is -1.30. The number of rotatable bonds is 7. The van der Waals surface area contributed by atoms with Gasteiger partial charge in [-0.2, -0.15) is 0 Å². The smallest absolute Gasteiger partial charge is 0.344 e. The first-order chi connectivity index (χ1) is 17.0. The third-order valence-electron chi connectivity index (χ3n) is 7.96. The molecule has 5 atom stereocenters. The highest BCUT2D eigenvalue weighted by molar-refractivity contribution is 5.81. The van der Waals surface area contributed by atoms with Gasteiger partial charge in [0.15, 0.2) is 23.7 Å². The first-order valence-corrected chi connectivity index (χ1v) is 12.1. The normalized spacial score (nSPS) is 29.6. The van der Waals surface area contributed by atoms with Gasteiger partial charge < -0.3 is 34.1 Å². The van der Waals surface area contributed by atoms with Gasteiger partial charge in [-0.05, 0) is 58.5 Å². The van der Waals surface area contributed by atoms with Gasteiger partial charge in [0.1, 0.15) is 5.76 Å². The number of aliphatic carboxylic acids is 1. The van der Waals surface area contributed by atoms with Crippen LogP contribution in [0.4, 0.5) is 0 Å². The van der Waals surface area contributed by atoms with Gasteiger partial charge >= 0.3 is 17.9 Å². The van der Waals surface area contributed by atoms with Crippen LogP contribution in [-0.2, 0) is 29.3 Å². The van der Waals surface area contributed by atoms with Crippen molar-refractivity contribution in [2.45, 2.75) is 75.7 Å². The lowest BCUT2D eigenvalue weighted by Crippen LogP contribution is -2.71. The number of aryl methyl sites for hydroxylation is 1. The van der Waals surface area contributed by atoms with Crippen molar-refractivity contribution in [3.63, 3.8) is 0 Å². The molecule has 2 aliphatic heterocycles. The summed E-state index contributed by atoms with van der Waals surface area (Å²) < 4.78 is 22.5. The van der Waals surface area contributed by atoms with Gasteiger partial charge in [-0.15, -0.1) is 0 Å². The number of fused-ring (bicyclic) bond motifs is 1. The average Bonchev–Trinajstić information content (AvgIpc) is 3.20. The number of methoxy groups -OCH3 is 1. The Morgan fingerprint density at radius 1 is 1.25 bits per heavy atom. The molecule has 1 spiro atoms. The number of carboxylic acid groups (broad SMARTS) is 1. The van der Waals surface area contributed by atoms with E-state index in [9.17, 15) is 19.5 Å². The number of benzene rings is 1. The molecule has 2 N–H and O–H groups in total. The minimum Gasteiger partial charge on any atom is -0.493 e. The lowest BCUT2D eigenvalue weighted by Gasteiger charge is -2.58. The van der Waals surface area contributed by atoms with Crippen LogP contribution in [0.1, 0.15) is 50.7 Å². The van der Waals surface area contributed by atoms with Crippen molar-refractivity contribution in [3.05, 3.63) is 35.1 Å². The molecule has 1 fully saturated rings. The van der Waals surface area contributed by atoms with E-state index in [1.165, 1.54) is 6.92 Å². The van der Waals surface area contributed by atoms with E-state index in [0.717, 1.165) is 11.1 Å². The van der Waals surface area contributed by atoms with Crippen molar-refractivity contribution < 1.29 is 43.5 Å². The molecule has 1 aromatic carbocycles. The molecule has 196 valence electrons. The lowest BCUT2D eigenvalue weighted by molar-refractivity contribution is -0.165. The molecular weight excluding hydrogens is 470 g/mol. The number of piperidine rings is 1. The van der Waals surface area contributed by atoms with Crippen molar-refractivity contribution in [1.82, 2.24) is 4.90 Å². The van der Waals surface area contributed by atoms with E-state index >= 15 is 0 Å². The summed E-state index contributed by atoms with van der Waals surface area (Å²) in [6.07, 6.45) is -0.170. The van der Waals surface area contributed by atoms with E-state index in [1.807, 2.05) is 33.0 Å². The number of nitrogens with zero attached hydrogens (tertiary/aromatic N) is 1. The monoisotopic (exact) mass is 503 g/mol. The van der Waals surface area contributed by atoms with Crippen LogP contribution in [0.2, 0.25) is 0 Å². The molecule has 10 nitrogen and oxygen atoms in total. The summed E-state index contributed by atoms with van der Waals surface area (Å²) in [4.78, 5) is 37.6. The molecule has 0 bridgehead atoms. The van der Waals surface area contributed by atoms with Crippen LogP contribution >= 0.6 is 0 Å². The Kier molecular flexibility index (Phi) is 6.78. The number of ether oxygens (including phenoxy) is 4. The van der Waals surface area contributed by atoms with E-state index in [2.05, 4.69) is 4.90 Å². The first-order valence-electron chi connectivity index (χ1n) is 12.1. The second-order valence-electron chi connectivity index (χ2n) is 9.84. The maximum Gasteiger partial charge on any atom is 0.344 e. The third kappa shape index (κ3) is 3.92. The zero-order chi connectivity index (χ0) is 26.4. The van der Waals surface area contributed by atoms with Crippen LogP contribution in [-0.4, -0.2) is 77.6 Å². The summed E-state index contributed by atoms with van der Waals surface area (Å²) in [5.41, 5.74) is -0.249. The summed E-state index contributed by atoms with van der Waals surface area (Å²) in [5, 5.41) is 21.1. The summed E-state index contributed by atoms with van der Waals surface area (Å²) in [6.45, 7) is 5.89. The fourth-order valence-corrected chi connectivity index (χ4v) is 5.85. The molecule has 2 heterocycles. The lowest BCUT2D eigenvalue weighted by atomic mass is 9.54. The zero-order valence-corrected chi connectivity index (χ0v) is 21.2. The second-order valence-corrected chi connectivity index (χ2v) is 9.84. The average molecular weight is 504 g/mol. The van der Waals surface area contributed by atoms with Gasteiger partial charge in [0, 0.05) is 18.0 Å². The summed E-state index contributed by atoms with van der Waals surface area (Å²) in [7, 11) is 3.53. The van der Waals surface area contributed by atoms with Crippen LogP contribution < -0.4 is 9.47 Å². The second kappa shape index (κ2) is 9.40. The number of likely N-dealkylation sites (tertiary alicyclic amines) is 1. The molecular formula is C26H33NO9. The topological polar surface area (TPSA) is 132 Å². The Labute approximate surface area is 209 Å². The van der Waals surface area contributed by atoms with Gasteiger partial charge in [0.05, 0.1) is 31.0 Å². The summed E-state index contributed by atoms with van der Waals surface area (Å²) >= 11 is 0. The van der Waals surface area contributed by atoms with Crippen LogP contribution in [0.3, 0.4) is 0 Å². The van der Waals surface area contributed by atoms with Crippen molar-refractivity contribution in [2.24, 2.45) is 0 Å². The first kappa shape index (κ1) is 26.0. The highest BCUT2D eigenvalue weighted by Gasteiger charge is 2.69. The Balaban J connectivity index is 1.63. The van der Waals surface area contributed by atoms with Gasteiger partial charge in [0.25, 0.3) is 0 Å². The quantitative estimate of drug-likeness (QED) is 0.533. The van der Waals surface area contributed by atoms with Gasteiger partial charge in [-0.1, -0.05) is 6.07 Å². The van der Waals surface area contributed by atoms with Crippen LogP contribution in [0.15, 0.2) is 24.0 Å². The molecule has 1 aliphatic carbocycles. The predicted molar refractivity (Wildman–Crippen MR) is 127 cm³/mol. The third-order valence-corrected chi connectivity index (χ3v) is 7.96. The molecule has 0 radical (unpaired) electrons. The van der Waals surface area contributed by atoms with E-state index in [0.29, 0.717) is 24.5 Å². The molecule has 4 rings (SSSR count). The fourth-order valence-electron chi connectivity index (χ4n) is 5.85. The molecule has 36 heavy (non-hydrogen) atoms. The van der Waals surface area contributed by atoms with E-state index in [-0.39, 0.29) is 31.1 Å². The van der Waals surface area contributed by atoms with Gasteiger partial charge in [-0.25, -0.2) is 4.79 Å².